The summed E-state index contributed by atoms with van der Waals surface area (Å²) in [5, 5.41) is 0. The van der Waals surface area contributed by atoms with Crippen LogP contribution in [-0.4, -0.2) is 30.6 Å². The Morgan fingerprint density at radius 2 is 2.09 bits per heavy atom. The van der Waals surface area contributed by atoms with Crippen LogP contribution in [0.5, 0.6) is 0 Å². The summed E-state index contributed by atoms with van der Waals surface area (Å²) in [5.74, 6) is 1.57. The first-order valence-corrected chi connectivity index (χ1v) is 7.98. The number of hydrogen-bond acceptors (Lipinski definition) is 4. The number of nitrogens with two attached hydrogens (primary N) is 1. The highest BCUT2D eigenvalue weighted by molar-refractivity contribution is 5.83. The van der Waals surface area contributed by atoms with Crippen LogP contribution < -0.4 is 5.73 Å². The maximum atomic E-state index is 12.9. The van der Waals surface area contributed by atoms with E-state index in [2.05, 4.69) is 0 Å². The maximum Gasteiger partial charge on any atom is 0.244 e. The normalized spacial score (nSPS) is 19.6. The van der Waals surface area contributed by atoms with E-state index in [1.807, 2.05) is 49.4 Å². The summed E-state index contributed by atoms with van der Waals surface area (Å²) in [5.41, 5.74) is 6.99. The number of morpholine rings is 1. The van der Waals surface area contributed by atoms with Crippen molar-refractivity contribution < 1.29 is 13.9 Å². The number of aryl methyl sites for hydroxylation is 1. The van der Waals surface area contributed by atoms with Gasteiger partial charge in [-0.1, -0.05) is 37.3 Å². The number of carbonyl (C=O) groups is 1. The molecule has 2 atom stereocenters. The van der Waals surface area contributed by atoms with Gasteiger partial charge in [-0.25, -0.2) is 0 Å². The highest BCUT2D eigenvalue weighted by atomic mass is 16.5. The van der Waals surface area contributed by atoms with Crippen LogP contribution >= 0.6 is 0 Å². The van der Waals surface area contributed by atoms with Crippen LogP contribution in [0.25, 0.3) is 0 Å². The Balaban J connectivity index is 1.81. The number of amides is 1. The van der Waals surface area contributed by atoms with Gasteiger partial charge in [0.1, 0.15) is 23.6 Å². The molecule has 1 saturated heterocycles. The first-order valence-electron chi connectivity index (χ1n) is 7.98. The standard InChI is InChI=1S/C18H22N2O3/c1-2-14-8-9-16(23-14)15-12-22-11-10-20(15)18(21)17(19)13-6-4-3-5-7-13/h3-9,15,17H,2,10-12,19H2,1H3/t15-,17+/m0/s1. The first kappa shape index (κ1) is 15.8. The summed E-state index contributed by atoms with van der Waals surface area (Å²) in [6.07, 6.45) is 0.824. The number of hydrogen-bond donors (Lipinski definition) is 1. The second-order valence-electron chi connectivity index (χ2n) is 5.67. The van der Waals surface area contributed by atoms with E-state index < -0.39 is 6.04 Å². The van der Waals surface area contributed by atoms with Crippen LogP contribution in [0.15, 0.2) is 46.9 Å². The second kappa shape index (κ2) is 6.98. The van der Waals surface area contributed by atoms with Gasteiger partial charge in [-0.3, -0.25) is 4.79 Å². The zero-order chi connectivity index (χ0) is 16.2. The predicted molar refractivity (Wildman–Crippen MR) is 86.7 cm³/mol. The summed E-state index contributed by atoms with van der Waals surface area (Å²) < 4.78 is 11.4. The van der Waals surface area contributed by atoms with Gasteiger partial charge in [-0.05, 0) is 17.7 Å². The van der Waals surface area contributed by atoms with Crippen LogP contribution in [0.4, 0.5) is 0 Å². The highest BCUT2D eigenvalue weighted by Crippen LogP contribution is 2.28. The summed E-state index contributed by atoms with van der Waals surface area (Å²) in [7, 11) is 0. The Morgan fingerprint density at radius 1 is 1.30 bits per heavy atom. The molecule has 1 aromatic carbocycles. The lowest BCUT2D eigenvalue weighted by molar-refractivity contribution is -0.142. The van der Waals surface area contributed by atoms with E-state index >= 15 is 0 Å². The summed E-state index contributed by atoms with van der Waals surface area (Å²) >= 11 is 0. The topological polar surface area (TPSA) is 68.7 Å². The van der Waals surface area contributed by atoms with Gasteiger partial charge >= 0.3 is 0 Å². The van der Waals surface area contributed by atoms with Crippen molar-refractivity contribution in [2.75, 3.05) is 19.8 Å². The molecule has 0 saturated carbocycles. The smallest absolute Gasteiger partial charge is 0.244 e. The molecular formula is C18H22N2O3. The molecule has 1 amide bonds. The zero-order valence-corrected chi connectivity index (χ0v) is 13.3. The largest absolute Gasteiger partial charge is 0.464 e. The molecule has 0 bridgehead atoms. The Kier molecular flexibility index (Phi) is 4.79. The molecule has 0 unspecified atom stereocenters. The molecule has 2 heterocycles. The van der Waals surface area contributed by atoms with E-state index in [1.165, 1.54) is 0 Å². The lowest BCUT2D eigenvalue weighted by atomic mass is 10.0. The molecule has 1 aromatic heterocycles. The van der Waals surface area contributed by atoms with Crippen molar-refractivity contribution in [3.63, 3.8) is 0 Å². The average molecular weight is 314 g/mol. The molecule has 1 aliphatic heterocycles. The van der Waals surface area contributed by atoms with E-state index in [4.69, 9.17) is 14.9 Å². The van der Waals surface area contributed by atoms with Gasteiger partial charge in [0.2, 0.25) is 5.91 Å². The summed E-state index contributed by atoms with van der Waals surface area (Å²) in [6.45, 7) is 3.51. The lowest BCUT2D eigenvalue weighted by Crippen LogP contribution is -2.47. The number of ether oxygens (including phenoxy) is 1. The van der Waals surface area contributed by atoms with Crippen molar-refractivity contribution in [2.45, 2.75) is 25.4 Å². The summed E-state index contributed by atoms with van der Waals surface area (Å²) in [6, 6.07) is 12.4. The molecule has 23 heavy (non-hydrogen) atoms. The van der Waals surface area contributed by atoms with Gasteiger partial charge in [0.15, 0.2) is 0 Å². The molecule has 0 aliphatic carbocycles. The fraction of sp³-hybridized carbons (Fsp3) is 0.389. The molecule has 2 N–H and O–H groups in total. The fourth-order valence-corrected chi connectivity index (χ4v) is 2.85. The minimum atomic E-state index is -0.669. The molecule has 122 valence electrons. The Morgan fingerprint density at radius 3 is 2.78 bits per heavy atom. The Hall–Kier alpha value is -2.11. The molecular weight excluding hydrogens is 292 g/mol. The Bertz CT molecular complexity index is 653. The van der Waals surface area contributed by atoms with Crippen LogP contribution in [0.2, 0.25) is 0 Å². The molecule has 0 spiro atoms. The van der Waals surface area contributed by atoms with Gasteiger partial charge in [-0.15, -0.1) is 0 Å². The van der Waals surface area contributed by atoms with Crippen molar-refractivity contribution in [1.82, 2.24) is 4.90 Å². The highest BCUT2D eigenvalue weighted by Gasteiger charge is 2.33. The number of carbonyl (C=O) groups excluding carboxylic acids is 1. The van der Waals surface area contributed by atoms with E-state index in [0.29, 0.717) is 19.8 Å². The lowest BCUT2D eigenvalue weighted by Gasteiger charge is -2.36. The summed E-state index contributed by atoms with van der Waals surface area (Å²) in [4.78, 5) is 14.6. The zero-order valence-electron chi connectivity index (χ0n) is 13.3. The third-order valence-electron chi connectivity index (χ3n) is 4.20. The number of benzene rings is 1. The van der Waals surface area contributed by atoms with Crippen LogP contribution in [0, 0.1) is 0 Å². The molecule has 5 heteroatoms. The SMILES string of the molecule is CCc1ccc([C@@H]2COCCN2C(=O)[C@H](N)c2ccccc2)o1. The molecule has 5 nitrogen and oxygen atoms in total. The van der Waals surface area contributed by atoms with Crippen molar-refractivity contribution in [2.24, 2.45) is 5.73 Å². The van der Waals surface area contributed by atoms with E-state index in [9.17, 15) is 4.79 Å². The van der Waals surface area contributed by atoms with Gasteiger partial charge in [-0.2, -0.15) is 0 Å². The number of rotatable bonds is 4. The molecule has 2 aromatic rings. The van der Waals surface area contributed by atoms with Crippen LogP contribution in [0.1, 0.15) is 36.1 Å². The van der Waals surface area contributed by atoms with Crippen molar-refractivity contribution >= 4 is 5.91 Å². The first-order chi connectivity index (χ1) is 11.2. The predicted octanol–water partition coefficient (Wildman–Crippen LogP) is 2.44. The molecule has 1 aliphatic rings. The number of nitrogens with zero attached hydrogens (tertiary/aromatic N) is 1. The van der Waals surface area contributed by atoms with Crippen molar-refractivity contribution in [3.8, 4) is 0 Å². The minimum Gasteiger partial charge on any atom is -0.464 e. The second-order valence-corrected chi connectivity index (χ2v) is 5.67. The minimum absolute atomic E-state index is 0.0982. The van der Waals surface area contributed by atoms with Crippen molar-refractivity contribution in [1.29, 1.82) is 0 Å². The van der Waals surface area contributed by atoms with Crippen molar-refractivity contribution in [3.05, 3.63) is 59.5 Å². The van der Waals surface area contributed by atoms with E-state index in [-0.39, 0.29) is 11.9 Å². The van der Waals surface area contributed by atoms with Gasteiger partial charge in [0.05, 0.1) is 13.2 Å². The van der Waals surface area contributed by atoms with E-state index in [1.54, 1.807) is 4.90 Å². The third-order valence-corrected chi connectivity index (χ3v) is 4.20. The third kappa shape index (κ3) is 3.30. The van der Waals surface area contributed by atoms with Gasteiger partial charge in [0.25, 0.3) is 0 Å². The molecule has 3 rings (SSSR count). The Labute approximate surface area is 136 Å². The number of furan rings is 1. The average Bonchev–Trinajstić information content (AvgIpc) is 3.10. The monoisotopic (exact) mass is 314 g/mol. The molecule has 1 fully saturated rings. The maximum absolute atomic E-state index is 12.9. The fourth-order valence-electron chi connectivity index (χ4n) is 2.85. The van der Waals surface area contributed by atoms with Gasteiger partial charge < -0.3 is 19.8 Å². The van der Waals surface area contributed by atoms with Crippen LogP contribution in [-0.2, 0) is 16.0 Å². The van der Waals surface area contributed by atoms with E-state index in [0.717, 1.165) is 23.5 Å². The molecule has 0 radical (unpaired) electrons. The van der Waals surface area contributed by atoms with Gasteiger partial charge in [0, 0.05) is 13.0 Å². The van der Waals surface area contributed by atoms with Crippen LogP contribution in [0.3, 0.4) is 0 Å². The quantitative estimate of drug-likeness (QED) is 0.941.